The number of methoxy groups -OCH3 is 1. The highest BCUT2D eigenvalue weighted by atomic mass is 19.4. The molecule has 0 spiro atoms. The normalized spacial score (nSPS) is 14.8. The van der Waals surface area contributed by atoms with Gasteiger partial charge in [0.25, 0.3) is 0 Å². The van der Waals surface area contributed by atoms with Gasteiger partial charge in [0.1, 0.15) is 0 Å². The fraction of sp³-hybridized carbons (Fsp3) is 0.500. The predicted molar refractivity (Wildman–Crippen MR) is 72.7 cm³/mol. The molecule has 4 nitrogen and oxygen atoms in total. The van der Waals surface area contributed by atoms with Crippen molar-refractivity contribution in [3.63, 3.8) is 0 Å². The van der Waals surface area contributed by atoms with Crippen LogP contribution in [0.4, 0.5) is 13.2 Å². The monoisotopic (exact) mass is 304 g/mol. The lowest BCUT2D eigenvalue weighted by molar-refractivity contribution is -0.157. The standard InChI is InChI=1S/C14H19F3N2O2/c1-18-13(12(20)21-3,11-7-5-4-6-8-11)9-19(2)10-14(15,16)17/h4-8,18H,9-10H2,1-3H3. The summed E-state index contributed by atoms with van der Waals surface area (Å²) >= 11 is 0. The van der Waals surface area contributed by atoms with Crippen LogP contribution in [0, 0.1) is 0 Å². The minimum atomic E-state index is -4.33. The molecule has 1 rings (SSSR count). The highest BCUT2D eigenvalue weighted by Crippen LogP contribution is 2.25. The summed E-state index contributed by atoms with van der Waals surface area (Å²) < 4.78 is 42.3. The maximum Gasteiger partial charge on any atom is 0.401 e. The molecule has 1 atom stereocenters. The van der Waals surface area contributed by atoms with Gasteiger partial charge in [-0.1, -0.05) is 30.3 Å². The number of carbonyl (C=O) groups excluding carboxylic acids is 1. The first-order valence-corrected chi connectivity index (χ1v) is 6.33. The van der Waals surface area contributed by atoms with Crippen LogP contribution in [0.5, 0.6) is 0 Å². The van der Waals surface area contributed by atoms with E-state index >= 15 is 0 Å². The molecule has 0 bridgehead atoms. The van der Waals surface area contributed by atoms with E-state index in [0.717, 1.165) is 4.90 Å². The van der Waals surface area contributed by atoms with E-state index in [9.17, 15) is 18.0 Å². The molecule has 21 heavy (non-hydrogen) atoms. The van der Waals surface area contributed by atoms with Gasteiger partial charge in [-0.15, -0.1) is 0 Å². The van der Waals surface area contributed by atoms with Gasteiger partial charge < -0.3 is 10.1 Å². The number of likely N-dealkylation sites (N-methyl/N-ethyl adjacent to an activating group) is 2. The van der Waals surface area contributed by atoms with E-state index < -0.39 is 24.2 Å². The van der Waals surface area contributed by atoms with E-state index in [1.165, 1.54) is 21.2 Å². The number of halogens is 3. The number of hydrogen-bond acceptors (Lipinski definition) is 4. The number of alkyl halides is 3. The Hall–Kier alpha value is -1.60. The van der Waals surface area contributed by atoms with Crippen LogP contribution in [0.25, 0.3) is 0 Å². The van der Waals surface area contributed by atoms with Crippen molar-refractivity contribution in [3.8, 4) is 0 Å². The van der Waals surface area contributed by atoms with Gasteiger partial charge in [0, 0.05) is 6.54 Å². The molecular formula is C14H19F3N2O2. The van der Waals surface area contributed by atoms with Crippen molar-refractivity contribution in [2.24, 2.45) is 0 Å². The third-order valence-corrected chi connectivity index (χ3v) is 3.18. The van der Waals surface area contributed by atoms with Crippen molar-refractivity contribution in [1.82, 2.24) is 10.2 Å². The Balaban J connectivity index is 3.11. The fourth-order valence-corrected chi connectivity index (χ4v) is 2.26. The molecule has 0 heterocycles. The van der Waals surface area contributed by atoms with Gasteiger partial charge in [-0.3, -0.25) is 4.90 Å². The summed E-state index contributed by atoms with van der Waals surface area (Å²) in [6.07, 6.45) is -4.33. The summed E-state index contributed by atoms with van der Waals surface area (Å²) in [5.41, 5.74) is -0.802. The summed E-state index contributed by atoms with van der Waals surface area (Å²) in [4.78, 5) is 13.2. The molecule has 1 unspecified atom stereocenters. The summed E-state index contributed by atoms with van der Waals surface area (Å²) in [6.45, 7) is -1.28. The first kappa shape index (κ1) is 17.5. The van der Waals surface area contributed by atoms with E-state index in [2.05, 4.69) is 5.32 Å². The highest BCUT2D eigenvalue weighted by molar-refractivity contribution is 5.83. The second kappa shape index (κ2) is 6.91. The fourth-order valence-electron chi connectivity index (χ4n) is 2.26. The quantitative estimate of drug-likeness (QED) is 0.813. The zero-order valence-electron chi connectivity index (χ0n) is 12.2. The Kier molecular flexibility index (Phi) is 5.74. The number of nitrogens with zero attached hydrogens (tertiary/aromatic N) is 1. The molecule has 0 fully saturated rings. The van der Waals surface area contributed by atoms with E-state index in [1.807, 2.05) is 0 Å². The summed E-state index contributed by atoms with van der Waals surface area (Å²) in [5.74, 6) is -0.634. The molecule has 0 aromatic heterocycles. The zero-order valence-corrected chi connectivity index (χ0v) is 12.2. The average molecular weight is 304 g/mol. The van der Waals surface area contributed by atoms with Crippen molar-refractivity contribution < 1.29 is 22.7 Å². The molecule has 0 aliphatic carbocycles. The minimum absolute atomic E-state index is 0.167. The van der Waals surface area contributed by atoms with Crippen LogP contribution < -0.4 is 5.32 Å². The second-order valence-corrected chi connectivity index (χ2v) is 4.80. The molecule has 0 saturated heterocycles. The molecule has 0 saturated carbocycles. The Bertz CT molecular complexity index is 465. The number of hydrogen-bond donors (Lipinski definition) is 1. The SMILES string of the molecule is CNC(CN(C)CC(F)(F)F)(C(=O)OC)c1ccccc1. The van der Waals surface area contributed by atoms with Crippen LogP contribution in [-0.2, 0) is 15.1 Å². The zero-order chi connectivity index (χ0) is 16.1. The van der Waals surface area contributed by atoms with Gasteiger partial charge in [-0.05, 0) is 19.7 Å². The van der Waals surface area contributed by atoms with Crippen molar-refractivity contribution in [2.45, 2.75) is 11.7 Å². The number of ether oxygens (including phenoxy) is 1. The van der Waals surface area contributed by atoms with Crippen molar-refractivity contribution in [2.75, 3.05) is 34.3 Å². The summed E-state index contributed by atoms with van der Waals surface area (Å²) in [5, 5.41) is 2.82. The van der Waals surface area contributed by atoms with Crippen LogP contribution in [0.2, 0.25) is 0 Å². The Morgan fingerprint density at radius 3 is 2.24 bits per heavy atom. The van der Waals surface area contributed by atoms with Crippen LogP contribution in [0.3, 0.4) is 0 Å². The molecule has 0 radical (unpaired) electrons. The lowest BCUT2D eigenvalue weighted by atomic mass is 9.89. The average Bonchev–Trinajstić information content (AvgIpc) is 2.43. The van der Waals surface area contributed by atoms with Crippen LogP contribution in [0.15, 0.2) is 30.3 Å². The number of benzene rings is 1. The van der Waals surface area contributed by atoms with Gasteiger partial charge in [0.2, 0.25) is 0 Å². The molecule has 0 amide bonds. The lowest BCUT2D eigenvalue weighted by Gasteiger charge is -2.35. The summed E-state index contributed by atoms with van der Waals surface area (Å²) in [7, 11) is 4.04. The van der Waals surface area contributed by atoms with Gasteiger partial charge in [0.15, 0.2) is 5.54 Å². The number of esters is 1. The van der Waals surface area contributed by atoms with E-state index in [0.29, 0.717) is 5.56 Å². The third kappa shape index (κ3) is 4.44. The maximum atomic E-state index is 12.5. The molecule has 1 aromatic rings. The summed E-state index contributed by atoms with van der Waals surface area (Å²) in [6, 6.07) is 8.55. The Morgan fingerprint density at radius 2 is 1.81 bits per heavy atom. The largest absolute Gasteiger partial charge is 0.467 e. The minimum Gasteiger partial charge on any atom is -0.467 e. The number of nitrogens with one attached hydrogen (secondary N) is 1. The second-order valence-electron chi connectivity index (χ2n) is 4.80. The molecule has 118 valence electrons. The molecule has 0 aliphatic rings. The molecule has 7 heteroatoms. The molecule has 1 N–H and O–H groups in total. The molecule has 1 aromatic carbocycles. The van der Waals surface area contributed by atoms with E-state index in [1.54, 1.807) is 30.3 Å². The third-order valence-electron chi connectivity index (χ3n) is 3.18. The van der Waals surface area contributed by atoms with Crippen LogP contribution in [-0.4, -0.2) is 51.3 Å². The van der Waals surface area contributed by atoms with Gasteiger partial charge in [-0.25, -0.2) is 4.79 Å². The van der Waals surface area contributed by atoms with E-state index in [-0.39, 0.29) is 6.54 Å². The van der Waals surface area contributed by atoms with E-state index in [4.69, 9.17) is 4.74 Å². The first-order chi connectivity index (χ1) is 9.75. The van der Waals surface area contributed by atoms with Gasteiger partial charge in [0.05, 0.1) is 13.7 Å². The van der Waals surface area contributed by atoms with Gasteiger partial charge in [-0.2, -0.15) is 13.2 Å². The maximum absolute atomic E-state index is 12.5. The molecular weight excluding hydrogens is 285 g/mol. The predicted octanol–water partition coefficient (Wildman–Crippen LogP) is 1.77. The number of rotatable bonds is 6. The lowest BCUT2D eigenvalue weighted by Crippen LogP contribution is -2.56. The first-order valence-electron chi connectivity index (χ1n) is 6.33. The van der Waals surface area contributed by atoms with Crippen LogP contribution >= 0.6 is 0 Å². The van der Waals surface area contributed by atoms with Crippen molar-refractivity contribution >= 4 is 5.97 Å². The smallest absolute Gasteiger partial charge is 0.401 e. The van der Waals surface area contributed by atoms with Crippen molar-refractivity contribution in [1.29, 1.82) is 0 Å². The van der Waals surface area contributed by atoms with Gasteiger partial charge >= 0.3 is 12.1 Å². The molecule has 0 aliphatic heterocycles. The topological polar surface area (TPSA) is 41.6 Å². The number of carbonyl (C=O) groups is 1. The Labute approximate surface area is 121 Å². The van der Waals surface area contributed by atoms with Crippen molar-refractivity contribution in [3.05, 3.63) is 35.9 Å². The Morgan fingerprint density at radius 1 is 1.24 bits per heavy atom. The van der Waals surface area contributed by atoms with Crippen LogP contribution in [0.1, 0.15) is 5.56 Å². The highest BCUT2D eigenvalue weighted by Gasteiger charge is 2.42.